The van der Waals surface area contributed by atoms with Crippen LogP contribution in [-0.4, -0.2) is 85.6 Å². The summed E-state index contributed by atoms with van der Waals surface area (Å²) in [5, 5.41) is 9.89. The summed E-state index contributed by atoms with van der Waals surface area (Å²) in [4.78, 5) is 16.8. The summed E-state index contributed by atoms with van der Waals surface area (Å²) in [6.45, 7) is 3.58. The molecule has 1 N–H and O–H groups in total. The van der Waals surface area contributed by atoms with Gasteiger partial charge in [0.05, 0.1) is 13.2 Å². The molecule has 1 heterocycles. The van der Waals surface area contributed by atoms with Crippen LogP contribution in [0.4, 0.5) is 9.18 Å². The number of likely N-dealkylation sites (N-methyl/N-ethyl adjacent to an activating group) is 1. The first-order valence-corrected chi connectivity index (χ1v) is 15.6. The number of amides is 2. The maximum atomic E-state index is 13.7. The van der Waals surface area contributed by atoms with Gasteiger partial charge >= 0.3 is 6.03 Å². The van der Waals surface area contributed by atoms with Crippen LogP contribution >= 0.6 is 0 Å². The zero-order chi connectivity index (χ0) is 29.7. The number of nitrogens with zero attached hydrogens (tertiary/aromatic N) is 3. The average Bonchev–Trinajstić information content (AvgIpc) is 2.97. The molecule has 3 atom stereocenters. The predicted octanol–water partition coefficient (Wildman–Crippen LogP) is 4.31. The van der Waals surface area contributed by atoms with Crippen molar-refractivity contribution < 1.29 is 27.4 Å². The minimum absolute atomic E-state index is 0.0284. The van der Waals surface area contributed by atoms with Crippen LogP contribution in [0.25, 0.3) is 0 Å². The largest absolute Gasteiger partial charge is 0.487 e. The Labute approximate surface area is 243 Å². The summed E-state index contributed by atoms with van der Waals surface area (Å²) in [7, 11) is -0.431. The molecule has 0 unspecified atom stereocenters. The molecule has 10 heteroatoms. The Balaban J connectivity index is 1.66. The summed E-state index contributed by atoms with van der Waals surface area (Å²) < 4.78 is 48.8. The first-order chi connectivity index (χ1) is 19.5. The van der Waals surface area contributed by atoms with Crippen molar-refractivity contribution in [3.8, 4) is 17.6 Å². The number of rotatable bonds is 5. The predicted molar refractivity (Wildman–Crippen MR) is 156 cm³/mol. The Morgan fingerprint density at radius 2 is 1.80 bits per heavy atom. The van der Waals surface area contributed by atoms with E-state index in [0.29, 0.717) is 11.1 Å². The van der Waals surface area contributed by atoms with Gasteiger partial charge in [0.15, 0.2) is 0 Å². The van der Waals surface area contributed by atoms with Gasteiger partial charge in [-0.1, -0.05) is 44.1 Å². The van der Waals surface area contributed by atoms with Gasteiger partial charge in [-0.2, -0.15) is 4.31 Å². The smallest absolute Gasteiger partial charge is 0.319 e. The number of aliphatic hydroxyl groups excluding tert-OH is 1. The van der Waals surface area contributed by atoms with Crippen molar-refractivity contribution in [2.45, 2.75) is 69.0 Å². The monoisotopic (exact) mass is 585 g/mol. The Bertz CT molecular complexity index is 1400. The Kier molecular flexibility index (Phi) is 9.95. The van der Waals surface area contributed by atoms with E-state index in [0.717, 1.165) is 25.7 Å². The highest BCUT2D eigenvalue weighted by atomic mass is 32.2. The van der Waals surface area contributed by atoms with Crippen LogP contribution in [0.15, 0.2) is 47.4 Å². The summed E-state index contributed by atoms with van der Waals surface area (Å²) in [5.74, 6) is 5.31. The van der Waals surface area contributed by atoms with Crippen molar-refractivity contribution in [2.75, 3.05) is 33.8 Å². The second kappa shape index (κ2) is 13.2. The number of halogens is 1. The number of fused-ring (bicyclic) bond motifs is 1. The number of ether oxygens (including phenoxy) is 1. The lowest BCUT2D eigenvalue weighted by Gasteiger charge is -2.39. The maximum Gasteiger partial charge on any atom is 0.319 e. The molecule has 8 nitrogen and oxygen atoms in total. The van der Waals surface area contributed by atoms with Gasteiger partial charge in [-0.25, -0.2) is 17.6 Å². The molecule has 2 aromatic rings. The van der Waals surface area contributed by atoms with Crippen molar-refractivity contribution in [2.24, 2.45) is 5.92 Å². The van der Waals surface area contributed by atoms with Crippen molar-refractivity contribution >= 4 is 16.1 Å². The molecule has 2 amide bonds. The molecule has 0 saturated heterocycles. The molecule has 2 aromatic carbocycles. The number of hydrogen-bond donors (Lipinski definition) is 1. The average molecular weight is 586 g/mol. The van der Waals surface area contributed by atoms with E-state index in [9.17, 15) is 22.7 Å². The van der Waals surface area contributed by atoms with Crippen LogP contribution in [-0.2, 0) is 10.0 Å². The number of sulfonamides is 1. The number of aliphatic hydroxyl groups is 1. The maximum absolute atomic E-state index is 13.7. The lowest BCUT2D eigenvalue weighted by Crippen LogP contribution is -2.52. The van der Waals surface area contributed by atoms with Gasteiger partial charge in [0, 0.05) is 49.8 Å². The first-order valence-electron chi connectivity index (χ1n) is 14.2. The highest BCUT2D eigenvalue weighted by Crippen LogP contribution is 2.34. The molecule has 0 bridgehead atoms. The normalized spacial score (nSPS) is 21.7. The van der Waals surface area contributed by atoms with Gasteiger partial charge in [-0.3, -0.25) is 0 Å². The Morgan fingerprint density at radius 1 is 1.12 bits per heavy atom. The van der Waals surface area contributed by atoms with Crippen LogP contribution in [0.3, 0.4) is 0 Å². The van der Waals surface area contributed by atoms with Gasteiger partial charge in [0.1, 0.15) is 22.6 Å². The van der Waals surface area contributed by atoms with Crippen LogP contribution in [0.2, 0.25) is 0 Å². The van der Waals surface area contributed by atoms with E-state index >= 15 is 0 Å². The molecule has 222 valence electrons. The number of carbonyl (C=O) groups is 1. The fourth-order valence-corrected chi connectivity index (χ4v) is 7.30. The fraction of sp³-hybridized carbons (Fsp3) is 0.516. The van der Waals surface area contributed by atoms with Crippen LogP contribution < -0.4 is 4.74 Å². The van der Waals surface area contributed by atoms with Crippen molar-refractivity contribution in [3.63, 3.8) is 0 Å². The molecule has 0 spiro atoms. The van der Waals surface area contributed by atoms with E-state index in [1.165, 1.54) is 28.9 Å². The zero-order valence-corrected chi connectivity index (χ0v) is 25.0. The van der Waals surface area contributed by atoms with Crippen LogP contribution in [0.5, 0.6) is 5.75 Å². The highest BCUT2D eigenvalue weighted by molar-refractivity contribution is 7.89. The van der Waals surface area contributed by atoms with Gasteiger partial charge in [-0.15, -0.1) is 0 Å². The van der Waals surface area contributed by atoms with Gasteiger partial charge in [0.2, 0.25) is 10.0 Å². The minimum Gasteiger partial charge on any atom is -0.487 e. The van der Waals surface area contributed by atoms with Crippen molar-refractivity contribution in [1.29, 1.82) is 0 Å². The third-order valence-corrected chi connectivity index (χ3v) is 10.1. The third kappa shape index (κ3) is 7.21. The van der Waals surface area contributed by atoms with Gasteiger partial charge < -0.3 is 19.6 Å². The molecule has 1 fully saturated rings. The van der Waals surface area contributed by atoms with Crippen LogP contribution in [0, 0.1) is 23.6 Å². The summed E-state index contributed by atoms with van der Waals surface area (Å²) in [6.07, 6.45) is 4.88. The van der Waals surface area contributed by atoms with Crippen molar-refractivity contribution in [1.82, 2.24) is 14.1 Å². The number of carbonyl (C=O) groups excluding carboxylic acids is 1. The number of hydrogen-bond acceptors (Lipinski definition) is 5. The quantitative estimate of drug-likeness (QED) is 0.529. The summed E-state index contributed by atoms with van der Waals surface area (Å²) in [6, 6.07) is 9.99. The summed E-state index contributed by atoms with van der Waals surface area (Å²) >= 11 is 0. The molecule has 1 saturated carbocycles. The molecule has 0 aromatic heterocycles. The van der Waals surface area contributed by atoms with E-state index < -0.39 is 28.0 Å². The van der Waals surface area contributed by atoms with Crippen LogP contribution in [0.1, 0.15) is 57.1 Å². The van der Waals surface area contributed by atoms with E-state index in [4.69, 9.17) is 4.74 Å². The molecule has 2 aliphatic rings. The second-order valence-electron chi connectivity index (χ2n) is 11.2. The van der Waals surface area contributed by atoms with E-state index in [2.05, 4.69) is 11.8 Å². The zero-order valence-electron chi connectivity index (χ0n) is 24.2. The molecular formula is C31H40FN3O5S. The van der Waals surface area contributed by atoms with E-state index in [1.54, 1.807) is 43.1 Å². The number of urea groups is 1. The van der Waals surface area contributed by atoms with E-state index in [1.807, 2.05) is 18.9 Å². The lowest BCUT2D eigenvalue weighted by molar-refractivity contribution is 0.0721. The molecule has 41 heavy (non-hydrogen) atoms. The SMILES string of the molecule is C[C@@H]1CN([C@@H](C)CO)S(=O)(=O)c2ccc(C#Cc3cccc(F)c3)cc2O[C@H]1CN(C)C(=O)N(C)C1CCCCC1. The van der Waals surface area contributed by atoms with Gasteiger partial charge in [0.25, 0.3) is 0 Å². The second-order valence-corrected chi connectivity index (χ2v) is 13.1. The standard InChI is InChI=1S/C31H40FN3O5S/c1-22-19-35(23(2)21-36)41(38,39)30-16-15-25(14-13-24-9-8-10-26(32)17-24)18-28(30)40-29(22)20-33(3)31(37)34(4)27-11-6-5-7-12-27/h8-10,15-18,22-23,27,29,36H,5-7,11-12,19-21H2,1-4H3/t22-,23+,29+/m1/s1. The molecule has 0 radical (unpaired) electrons. The topological polar surface area (TPSA) is 90.4 Å². The molecule has 1 aliphatic heterocycles. The number of benzene rings is 2. The minimum atomic E-state index is -4.01. The Hall–Kier alpha value is -3.13. The summed E-state index contributed by atoms with van der Waals surface area (Å²) in [5.41, 5.74) is 0.986. The molecule has 1 aliphatic carbocycles. The van der Waals surface area contributed by atoms with Crippen molar-refractivity contribution in [3.05, 3.63) is 59.4 Å². The Morgan fingerprint density at radius 3 is 2.46 bits per heavy atom. The first kappa shape index (κ1) is 30.8. The van der Waals surface area contributed by atoms with Gasteiger partial charge in [-0.05, 0) is 56.2 Å². The lowest BCUT2D eigenvalue weighted by atomic mass is 9.95. The fourth-order valence-electron chi connectivity index (χ4n) is 5.47. The third-order valence-electron chi connectivity index (χ3n) is 8.05. The molecule has 4 rings (SSSR count). The van der Waals surface area contributed by atoms with E-state index in [-0.39, 0.29) is 48.3 Å². The highest BCUT2D eigenvalue weighted by Gasteiger charge is 2.38. The molecular weight excluding hydrogens is 545 g/mol.